The lowest BCUT2D eigenvalue weighted by molar-refractivity contribution is -0.941. The van der Waals surface area contributed by atoms with Gasteiger partial charge in [0.25, 0.3) is 0 Å². The van der Waals surface area contributed by atoms with Crippen molar-refractivity contribution in [2.45, 2.75) is 38.9 Å². The van der Waals surface area contributed by atoms with Crippen LogP contribution in [-0.2, 0) is 29.7 Å². The molecule has 0 bridgehead atoms. The number of hydrogen-bond acceptors (Lipinski definition) is 6. The van der Waals surface area contributed by atoms with E-state index in [9.17, 15) is 4.79 Å². The van der Waals surface area contributed by atoms with Crippen molar-refractivity contribution >= 4 is 18.2 Å². The Hall–Kier alpha value is -2.39. The van der Waals surface area contributed by atoms with Crippen LogP contribution in [-0.4, -0.2) is 47.7 Å². The summed E-state index contributed by atoms with van der Waals surface area (Å²) >= 11 is 5.56. The second kappa shape index (κ2) is 9.41. The molecule has 1 saturated heterocycles. The van der Waals surface area contributed by atoms with E-state index in [1.165, 1.54) is 4.90 Å². The Balaban J connectivity index is 1.83. The molecule has 0 radical (unpaired) electrons. The molecule has 158 valence electrons. The molecular formula is C20H29N4O4S+. The highest BCUT2D eigenvalue weighted by atomic mass is 32.1. The minimum atomic E-state index is -0.296. The molecule has 1 aromatic carbocycles. The molecule has 0 spiro atoms. The third-order valence-corrected chi connectivity index (χ3v) is 5.87. The number of methoxy groups -OCH3 is 2. The average Bonchev–Trinajstić information content (AvgIpc) is 3.28. The summed E-state index contributed by atoms with van der Waals surface area (Å²) in [5.41, 5.74) is 1.13. The summed E-state index contributed by atoms with van der Waals surface area (Å²) in [6.07, 6.45) is 2.27. The smallest absolute Gasteiger partial charge is 0.313 e. The molecule has 0 aliphatic carbocycles. The third kappa shape index (κ3) is 4.62. The molecule has 1 aliphatic heterocycles. The molecule has 3 rings (SSSR count). The van der Waals surface area contributed by atoms with Gasteiger partial charge in [0, 0.05) is 19.9 Å². The lowest BCUT2D eigenvalue weighted by atomic mass is 10.0. The Morgan fingerprint density at radius 3 is 2.83 bits per heavy atom. The largest absolute Gasteiger partial charge is 0.497 e. The summed E-state index contributed by atoms with van der Waals surface area (Å²) in [6, 6.07) is 6.18. The predicted molar refractivity (Wildman–Crippen MR) is 110 cm³/mol. The summed E-state index contributed by atoms with van der Waals surface area (Å²) in [5, 5.41) is 4.60. The highest BCUT2D eigenvalue weighted by Crippen LogP contribution is 2.31. The van der Waals surface area contributed by atoms with Gasteiger partial charge >= 0.3 is 5.97 Å². The van der Waals surface area contributed by atoms with E-state index in [-0.39, 0.29) is 18.4 Å². The second-order valence-corrected chi connectivity index (χ2v) is 7.47. The van der Waals surface area contributed by atoms with Gasteiger partial charge in [0.05, 0.1) is 32.9 Å². The van der Waals surface area contributed by atoms with Crippen molar-refractivity contribution in [1.82, 2.24) is 14.3 Å². The summed E-state index contributed by atoms with van der Waals surface area (Å²) in [7, 11) is 5.20. The van der Waals surface area contributed by atoms with Crippen molar-refractivity contribution < 1.29 is 23.9 Å². The van der Waals surface area contributed by atoms with Crippen molar-refractivity contribution in [2.24, 2.45) is 7.05 Å². The van der Waals surface area contributed by atoms with Gasteiger partial charge in [0.1, 0.15) is 29.8 Å². The summed E-state index contributed by atoms with van der Waals surface area (Å²) in [6.45, 7) is 3.78. The van der Waals surface area contributed by atoms with Gasteiger partial charge in [0.15, 0.2) is 6.67 Å². The summed E-state index contributed by atoms with van der Waals surface area (Å²) < 4.78 is 20.2. The van der Waals surface area contributed by atoms with Crippen LogP contribution in [0.15, 0.2) is 18.2 Å². The number of nitrogens with one attached hydrogen (secondary N) is 1. The molecule has 1 aliphatic rings. The Kier molecular flexibility index (Phi) is 6.92. The quantitative estimate of drug-likeness (QED) is 0.514. The van der Waals surface area contributed by atoms with Gasteiger partial charge in [0.2, 0.25) is 4.77 Å². The van der Waals surface area contributed by atoms with Crippen molar-refractivity contribution in [3.05, 3.63) is 34.4 Å². The van der Waals surface area contributed by atoms with E-state index in [0.717, 1.165) is 36.4 Å². The summed E-state index contributed by atoms with van der Waals surface area (Å²) in [5.74, 6) is 2.00. The van der Waals surface area contributed by atoms with Crippen LogP contribution in [0.3, 0.4) is 0 Å². The Morgan fingerprint density at radius 1 is 1.34 bits per heavy atom. The van der Waals surface area contributed by atoms with Gasteiger partial charge in [-0.25, -0.2) is 0 Å². The van der Waals surface area contributed by atoms with E-state index < -0.39 is 0 Å². The number of carbonyl (C=O) groups is 1. The maximum absolute atomic E-state index is 11.8. The van der Waals surface area contributed by atoms with E-state index in [1.807, 2.05) is 23.9 Å². The average molecular weight is 422 g/mol. The Morgan fingerprint density at radius 2 is 2.14 bits per heavy atom. The van der Waals surface area contributed by atoms with Crippen LogP contribution < -0.4 is 14.4 Å². The van der Waals surface area contributed by atoms with Gasteiger partial charge < -0.3 is 23.7 Å². The molecule has 1 N–H and O–H groups in total. The van der Waals surface area contributed by atoms with Gasteiger partial charge in [-0.05, 0) is 37.3 Å². The van der Waals surface area contributed by atoms with E-state index in [0.29, 0.717) is 23.9 Å². The number of carbonyl (C=O) groups excluding carboxylic acids is 1. The molecule has 2 heterocycles. The highest BCUT2D eigenvalue weighted by Gasteiger charge is 2.33. The first kappa shape index (κ1) is 21.3. The van der Waals surface area contributed by atoms with Gasteiger partial charge in [-0.15, -0.1) is 0 Å². The van der Waals surface area contributed by atoms with Crippen LogP contribution in [0.25, 0.3) is 0 Å². The first-order valence-corrected chi connectivity index (χ1v) is 10.2. The number of ether oxygens (including phenoxy) is 3. The molecule has 2 atom stereocenters. The molecule has 1 aromatic heterocycles. The Bertz CT molecular complexity index is 924. The van der Waals surface area contributed by atoms with Crippen LogP contribution in [0.4, 0.5) is 0 Å². The van der Waals surface area contributed by atoms with Crippen LogP contribution in [0.5, 0.6) is 11.5 Å². The lowest BCUT2D eigenvalue weighted by Crippen LogP contribution is -3.09. The summed E-state index contributed by atoms with van der Waals surface area (Å²) in [4.78, 5) is 13.2. The number of hydrogen-bond donors (Lipinski definition) is 1. The van der Waals surface area contributed by atoms with E-state index in [1.54, 1.807) is 25.7 Å². The molecule has 9 heteroatoms. The number of quaternary nitrogens is 1. The molecule has 0 amide bonds. The maximum Gasteiger partial charge on any atom is 0.313 e. The molecule has 2 aromatic rings. The zero-order chi connectivity index (χ0) is 21.0. The van der Waals surface area contributed by atoms with Gasteiger partial charge in [-0.3, -0.25) is 4.79 Å². The number of aromatic nitrogens is 3. The first-order valence-electron chi connectivity index (χ1n) is 9.83. The molecule has 29 heavy (non-hydrogen) atoms. The maximum atomic E-state index is 11.8. The lowest BCUT2D eigenvalue weighted by Gasteiger charge is -2.23. The molecule has 1 fully saturated rings. The SMILES string of the molecule is CCOC(=O)Cc1nn(C[NH+]2CCC[C@H]2c2cc(OC)ccc2OC)c(=S)n1C. The normalized spacial score (nSPS) is 18.6. The standard InChI is InChI=1S/C20H28N4O4S/c1-5-28-19(25)12-18-21-24(20(29)22(18)2)13-23-10-6-7-16(23)15-11-14(26-3)8-9-17(15)27-4/h8-9,11,16H,5-7,10,12-13H2,1-4H3/p+1/t16-/m0/s1. The van der Waals surface area contributed by atoms with E-state index in [4.69, 9.17) is 26.4 Å². The van der Waals surface area contributed by atoms with Crippen molar-refractivity contribution in [3.63, 3.8) is 0 Å². The number of benzene rings is 1. The number of nitrogens with zero attached hydrogens (tertiary/aromatic N) is 3. The molecule has 1 unspecified atom stereocenters. The highest BCUT2D eigenvalue weighted by molar-refractivity contribution is 7.71. The topological polar surface area (TPSA) is 71.9 Å². The van der Waals surface area contributed by atoms with Crippen molar-refractivity contribution in [2.75, 3.05) is 27.4 Å². The van der Waals surface area contributed by atoms with Crippen molar-refractivity contribution in [3.8, 4) is 11.5 Å². The number of likely N-dealkylation sites (tertiary alicyclic amines) is 1. The third-order valence-electron chi connectivity index (χ3n) is 5.39. The van der Waals surface area contributed by atoms with Gasteiger partial charge in [-0.1, -0.05) is 0 Å². The van der Waals surface area contributed by atoms with Crippen molar-refractivity contribution in [1.29, 1.82) is 0 Å². The van der Waals surface area contributed by atoms with Gasteiger partial charge in [-0.2, -0.15) is 9.78 Å². The zero-order valence-corrected chi connectivity index (χ0v) is 18.3. The zero-order valence-electron chi connectivity index (χ0n) is 17.4. The predicted octanol–water partition coefficient (Wildman–Crippen LogP) is 1.45. The fraction of sp³-hybridized carbons (Fsp3) is 0.550. The van der Waals surface area contributed by atoms with E-state index in [2.05, 4.69) is 11.2 Å². The minimum Gasteiger partial charge on any atom is -0.497 e. The minimum absolute atomic E-state index is 0.115. The molecule has 8 nitrogen and oxygen atoms in total. The fourth-order valence-corrected chi connectivity index (χ4v) is 4.12. The van der Waals surface area contributed by atoms with Crippen LogP contribution >= 0.6 is 12.2 Å². The Labute approximate surface area is 176 Å². The van der Waals surface area contributed by atoms with Crippen LogP contribution in [0, 0.1) is 4.77 Å². The first-order chi connectivity index (χ1) is 14.0. The number of esters is 1. The molecule has 0 saturated carbocycles. The molecular weight excluding hydrogens is 392 g/mol. The monoisotopic (exact) mass is 421 g/mol. The van der Waals surface area contributed by atoms with Crippen LogP contribution in [0.2, 0.25) is 0 Å². The fourth-order valence-electron chi connectivity index (χ4n) is 3.91. The number of rotatable bonds is 8. The van der Waals surface area contributed by atoms with Crippen LogP contribution in [0.1, 0.15) is 37.2 Å². The van der Waals surface area contributed by atoms with E-state index >= 15 is 0 Å². The second-order valence-electron chi connectivity index (χ2n) is 7.11.